The standard InChI is InChI=1S/C16H20FNO4/c1-16(2)12(13(17)14(19)20)8-9-18(16)15(21)22-10-11-6-4-3-5-7-11/h3-7,12-13H,8-10H2,1-2H3,(H,19,20). The molecule has 0 spiro atoms. The van der Waals surface area contributed by atoms with Crippen LogP contribution in [0.3, 0.4) is 0 Å². The molecule has 0 aromatic heterocycles. The van der Waals surface area contributed by atoms with Gasteiger partial charge in [-0.15, -0.1) is 0 Å². The molecule has 5 nitrogen and oxygen atoms in total. The number of hydrogen-bond acceptors (Lipinski definition) is 3. The topological polar surface area (TPSA) is 66.8 Å². The van der Waals surface area contributed by atoms with Gasteiger partial charge >= 0.3 is 12.1 Å². The first-order valence-electron chi connectivity index (χ1n) is 7.19. The Hall–Kier alpha value is -2.11. The first kappa shape index (κ1) is 16.3. The van der Waals surface area contributed by atoms with E-state index in [2.05, 4.69) is 0 Å². The van der Waals surface area contributed by atoms with Gasteiger partial charge in [0.2, 0.25) is 6.17 Å². The highest BCUT2D eigenvalue weighted by atomic mass is 19.1. The Morgan fingerprint density at radius 2 is 2.05 bits per heavy atom. The largest absolute Gasteiger partial charge is 0.479 e. The number of aliphatic carboxylic acids is 1. The van der Waals surface area contributed by atoms with Gasteiger partial charge in [0.25, 0.3) is 0 Å². The quantitative estimate of drug-likeness (QED) is 0.928. The van der Waals surface area contributed by atoms with E-state index in [9.17, 15) is 14.0 Å². The van der Waals surface area contributed by atoms with E-state index in [4.69, 9.17) is 9.84 Å². The van der Waals surface area contributed by atoms with Crippen LogP contribution in [0, 0.1) is 5.92 Å². The molecule has 1 N–H and O–H groups in total. The number of carbonyl (C=O) groups is 2. The lowest BCUT2D eigenvalue weighted by atomic mass is 9.85. The van der Waals surface area contributed by atoms with Crippen LogP contribution in [0.15, 0.2) is 30.3 Å². The summed E-state index contributed by atoms with van der Waals surface area (Å²) in [5.41, 5.74) is -0.0377. The van der Waals surface area contributed by atoms with Gasteiger partial charge in [0.15, 0.2) is 0 Å². The molecule has 0 bridgehead atoms. The van der Waals surface area contributed by atoms with Gasteiger partial charge in [0.05, 0.1) is 0 Å². The number of halogens is 1. The minimum atomic E-state index is -1.98. The number of carbonyl (C=O) groups excluding carboxylic acids is 1. The maximum atomic E-state index is 13.8. The summed E-state index contributed by atoms with van der Waals surface area (Å²) < 4.78 is 19.1. The van der Waals surface area contributed by atoms with Crippen molar-refractivity contribution in [3.05, 3.63) is 35.9 Å². The van der Waals surface area contributed by atoms with Crippen molar-refractivity contribution in [2.75, 3.05) is 6.54 Å². The van der Waals surface area contributed by atoms with Crippen molar-refractivity contribution < 1.29 is 23.8 Å². The first-order chi connectivity index (χ1) is 10.3. The van der Waals surface area contributed by atoms with Crippen molar-refractivity contribution >= 4 is 12.1 Å². The van der Waals surface area contributed by atoms with E-state index in [0.717, 1.165) is 5.56 Å². The third kappa shape index (κ3) is 3.21. The molecule has 22 heavy (non-hydrogen) atoms. The van der Waals surface area contributed by atoms with Crippen molar-refractivity contribution in [2.24, 2.45) is 5.92 Å². The number of carboxylic acids is 1. The van der Waals surface area contributed by atoms with Crippen LogP contribution in [0.1, 0.15) is 25.8 Å². The van der Waals surface area contributed by atoms with Crippen LogP contribution < -0.4 is 0 Å². The molecule has 2 unspecified atom stereocenters. The fourth-order valence-electron chi connectivity index (χ4n) is 2.91. The SMILES string of the molecule is CC1(C)C(C(F)C(=O)O)CCN1C(=O)OCc1ccccc1. The van der Waals surface area contributed by atoms with Gasteiger partial charge < -0.3 is 14.7 Å². The number of nitrogens with zero attached hydrogens (tertiary/aromatic N) is 1. The van der Waals surface area contributed by atoms with Crippen LogP contribution >= 0.6 is 0 Å². The van der Waals surface area contributed by atoms with E-state index in [0.29, 0.717) is 13.0 Å². The lowest BCUT2D eigenvalue weighted by Crippen LogP contribution is -2.49. The van der Waals surface area contributed by atoms with E-state index in [1.165, 1.54) is 4.90 Å². The molecular formula is C16H20FNO4. The Bertz CT molecular complexity index is 546. The molecule has 2 rings (SSSR count). The summed E-state index contributed by atoms with van der Waals surface area (Å²) in [5, 5.41) is 8.84. The molecule has 2 atom stereocenters. The molecule has 1 saturated heterocycles. The first-order valence-corrected chi connectivity index (χ1v) is 7.19. The lowest BCUT2D eigenvalue weighted by Gasteiger charge is -2.35. The number of rotatable bonds is 4. The zero-order valence-electron chi connectivity index (χ0n) is 12.7. The second-order valence-corrected chi connectivity index (χ2v) is 5.98. The van der Waals surface area contributed by atoms with Gasteiger partial charge in [-0.05, 0) is 25.8 Å². The summed E-state index contributed by atoms with van der Waals surface area (Å²) in [6.07, 6.45) is -2.23. The predicted molar refractivity (Wildman–Crippen MR) is 78.1 cm³/mol. The monoisotopic (exact) mass is 309 g/mol. The number of benzene rings is 1. The Morgan fingerprint density at radius 1 is 1.41 bits per heavy atom. The number of carboxylic acid groups (broad SMARTS) is 1. The Labute approximate surface area is 128 Å². The minimum Gasteiger partial charge on any atom is -0.479 e. The summed E-state index contributed by atoms with van der Waals surface area (Å²) in [6, 6.07) is 9.24. The van der Waals surface area contributed by atoms with E-state index in [1.54, 1.807) is 13.8 Å². The van der Waals surface area contributed by atoms with Gasteiger partial charge in [0.1, 0.15) is 6.61 Å². The number of alkyl halides is 1. The fraction of sp³-hybridized carbons (Fsp3) is 0.500. The maximum Gasteiger partial charge on any atom is 0.410 e. The van der Waals surface area contributed by atoms with Crippen molar-refractivity contribution in [1.82, 2.24) is 4.90 Å². The smallest absolute Gasteiger partial charge is 0.410 e. The normalized spacial score (nSPS) is 21.4. The third-order valence-electron chi connectivity index (χ3n) is 4.28. The van der Waals surface area contributed by atoms with Crippen LogP contribution in [0.2, 0.25) is 0 Å². The molecule has 1 aliphatic rings. The third-order valence-corrected chi connectivity index (χ3v) is 4.28. The average Bonchev–Trinajstić information content (AvgIpc) is 2.80. The molecule has 1 heterocycles. The van der Waals surface area contributed by atoms with Crippen LogP contribution in [0.25, 0.3) is 0 Å². The number of hydrogen-bond donors (Lipinski definition) is 1. The molecule has 0 radical (unpaired) electrons. The van der Waals surface area contributed by atoms with Crippen molar-refractivity contribution in [3.63, 3.8) is 0 Å². The van der Waals surface area contributed by atoms with E-state index in [-0.39, 0.29) is 6.61 Å². The van der Waals surface area contributed by atoms with Crippen molar-refractivity contribution in [1.29, 1.82) is 0 Å². The molecule has 1 fully saturated rings. The molecular weight excluding hydrogens is 289 g/mol. The Morgan fingerprint density at radius 3 is 2.64 bits per heavy atom. The molecule has 1 aromatic rings. The van der Waals surface area contributed by atoms with Crippen LogP contribution in [-0.2, 0) is 16.1 Å². The molecule has 120 valence electrons. The van der Waals surface area contributed by atoms with Gasteiger partial charge in [-0.25, -0.2) is 14.0 Å². The molecule has 0 aliphatic carbocycles. The highest BCUT2D eigenvalue weighted by Gasteiger charge is 2.50. The molecule has 1 aliphatic heterocycles. The summed E-state index contributed by atoms with van der Waals surface area (Å²) in [5.74, 6) is -2.23. The van der Waals surface area contributed by atoms with Crippen LogP contribution in [-0.4, -0.2) is 40.3 Å². The fourth-order valence-corrected chi connectivity index (χ4v) is 2.91. The molecule has 0 saturated carbocycles. The number of ether oxygens (including phenoxy) is 1. The van der Waals surface area contributed by atoms with Gasteiger partial charge in [0, 0.05) is 18.0 Å². The van der Waals surface area contributed by atoms with Crippen molar-refractivity contribution in [2.45, 2.75) is 38.6 Å². The summed E-state index contributed by atoms with van der Waals surface area (Å²) in [6.45, 7) is 3.77. The summed E-state index contributed by atoms with van der Waals surface area (Å²) in [4.78, 5) is 24.5. The second kappa shape index (κ2) is 6.34. The van der Waals surface area contributed by atoms with Gasteiger partial charge in [-0.3, -0.25) is 0 Å². The lowest BCUT2D eigenvalue weighted by molar-refractivity contribution is -0.146. The second-order valence-electron chi connectivity index (χ2n) is 5.98. The van der Waals surface area contributed by atoms with Crippen LogP contribution in [0.5, 0.6) is 0 Å². The molecule has 6 heteroatoms. The zero-order chi connectivity index (χ0) is 16.3. The van der Waals surface area contributed by atoms with Crippen molar-refractivity contribution in [3.8, 4) is 0 Å². The number of amides is 1. The van der Waals surface area contributed by atoms with Crippen LogP contribution in [0.4, 0.5) is 9.18 Å². The minimum absolute atomic E-state index is 0.134. The predicted octanol–water partition coefficient (Wildman–Crippen LogP) is 2.85. The molecule has 1 aromatic carbocycles. The highest BCUT2D eigenvalue weighted by molar-refractivity contribution is 5.74. The summed E-state index contributed by atoms with van der Waals surface area (Å²) in [7, 11) is 0. The highest BCUT2D eigenvalue weighted by Crippen LogP contribution is 2.38. The van der Waals surface area contributed by atoms with Gasteiger partial charge in [-0.1, -0.05) is 30.3 Å². The summed E-state index contributed by atoms with van der Waals surface area (Å²) >= 11 is 0. The van der Waals surface area contributed by atoms with E-state index in [1.807, 2.05) is 30.3 Å². The number of likely N-dealkylation sites (tertiary alicyclic amines) is 1. The average molecular weight is 309 g/mol. The Balaban J connectivity index is 2.00. The van der Waals surface area contributed by atoms with E-state index >= 15 is 0 Å². The maximum absolute atomic E-state index is 13.8. The molecule has 1 amide bonds. The van der Waals surface area contributed by atoms with Gasteiger partial charge in [-0.2, -0.15) is 0 Å². The van der Waals surface area contributed by atoms with E-state index < -0.39 is 29.7 Å². The Kier molecular flexibility index (Phi) is 4.68. The zero-order valence-corrected chi connectivity index (χ0v) is 12.7.